The maximum absolute atomic E-state index is 4.92. The van der Waals surface area contributed by atoms with Crippen LogP contribution < -0.4 is 0 Å². The van der Waals surface area contributed by atoms with Gasteiger partial charge in [-0.25, -0.2) is 4.98 Å². The van der Waals surface area contributed by atoms with Crippen LogP contribution in [0.2, 0.25) is 0 Å². The average Bonchev–Trinajstić information content (AvgIpc) is 2.82. The number of pyridine rings is 1. The van der Waals surface area contributed by atoms with Gasteiger partial charge in [0, 0.05) is 10.9 Å². The summed E-state index contributed by atoms with van der Waals surface area (Å²) in [5.74, 6) is 0. The molecule has 0 fully saturated rings. The van der Waals surface area contributed by atoms with Gasteiger partial charge >= 0.3 is 0 Å². The molecule has 3 rings (SSSR count). The third-order valence-corrected chi connectivity index (χ3v) is 2.35. The molecule has 0 aliphatic heterocycles. The van der Waals surface area contributed by atoms with Crippen molar-refractivity contribution in [3.63, 3.8) is 0 Å². The number of fused-ring (bicyclic) bond motifs is 1. The minimum absolute atomic E-state index is 0.890. The molecule has 0 amide bonds. The van der Waals surface area contributed by atoms with Gasteiger partial charge in [-0.05, 0) is 18.2 Å². The summed E-state index contributed by atoms with van der Waals surface area (Å²) in [5, 5.41) is 1.14. The Kier molecular flexibility index (Phi) is 1.78. The van der Waals surface area contributed by atoms with Crippen LogP contribution in [0.15, 0.2) is 53.1 Å². The number of rotatable bonds is 1. The van der Waals surface area contributed by atoms with Crippen molar-refractivity contribution in [3.8, 4) is 11.3 Å². The van der Waals surface area contributed by atoms with Gasteiger partial charge in [-0.1, -0.05) is 24.3 Å². The molecule has 15 heavy (non-hydrogen) atoms. The highest BCUT2D eigenvalue weighted by molar-refractivity contribution is 5.81. The zero-order valence-corrected chi connectivity index (χ0v) is 7.97. The standard InChI is InChI=1S/C13H8NO/c1-2-4-12-10(3-1)5-6-13(14-12)11-7-8-15-9-11/h1-8H. The molecular weight excluding hydrogens is 186 g/mol. The van der Waals surface area contributed by atoms with E-state index in [4.69, 9.17) is 4.42 Å². The number of para-hydroxylation sites is 1. The predicted octanol–water partition coefficient (Wildman–Crippen LogP) is 3.29. The van der Waals surface area contributed by atoms with Crippen LogP contribution in [0.1, 0.15) is 0 Å². The summed E-state index contributed by atoms with van der Waals surface area (Å²) >= 11 is 0. The average molecular weight is 194 g/mol. The van der Waals surface area contributed by atoms with E-state index in [9.17, 15) is 0 Å². The van der Waals surface area contributed by atoms with Gasteiger partial charge in [0.25, 0.3) is 0 Å². The summed E-state index contributed by atoms with van der Waals surface area (Å²) in [5.41, 5.74) is 2.77. The van der Waals surface area contributed by atoms with Crippen molar-refractivity contribution in [1.82, 2.24) is 4.98 Å². The maximum atomic E-state index is 4.92. The predicted molar refractivity (Wildman–Crippen MR) is 58.3 cm³/mol. The lowest BCUT2D eigenvalue weighted by molar-refractivity contribution is 0.559. The number of nitrogens with zero attached hydrogens (tertiary/aromatic N) is 1. The minimum Gasteiger partial charge on any atom is -0.460 e. The maximum Gasteiger partial charge on any atom is 0.179 e. The molecule has 0 N–H and O–H groups in total. The van der Waals surface area contributed by atoms with Crippen molar-refractivity contribution in [2.75, 3.05) is 0 Å². The molecule has 2 heteroatoms. The van der Waals surface area contributed by atoms with Crippen LogP contribution in [0, 0.1) is 6.26 Å². The molecule has 3 aromatic rings. The first-order valence-electron chi connectivity index (χ1n) is 4.75. The largest absolute Gasteiger partial charge is 0.460 e. The summed E-state index contributed by atoms with van der Waals surface area (Å²) < 4.78 is 4.92. The summed E-state index contributed by atoms with van der Waals surface area (Å²) in [6.45, 7) is 0. The fourth-order valence-electron chi connectivity index (χ4n) is 1.59. The lowest BCUT2D eigenvalue weighted by Gasteiger charge is -1.99. The Balaban J connectivity index is 2.22. The van der Waals surface area contributed by atoms with Crippen molar-refractivity contribution in [1.29, 1.82) is 0 Å². The van der Waals surface area contributed by atoms with Crippen LogP contribution >= 0.6 is 0 Å². The van der Waals surface area contributed by atoms with E-state index >= 15 is 0 Å². The first-order valence-corrected chi connectivity index (χ1v) is 4.75. The fourth-order valence-corrected chi connectivity index (χ4v) is 1.59. The molecule has 0 bridgehead atoms. The first kappa shape index (κ1) is 8.24. The Morgan fingerprint density at radius 3 is 2.80 bits per heavy atom. The van der Waals surface area contributed by atoms with E-state index in [1.165, 1.54) is 0 Å². The van der Waals surface area contributed by atoms with E-state index in [1.807, 2.05) is 36.4 Å². The van der Waals surface area contributed by atoms with E-state index in [0.29, 0.717) is 0 Å². The van der Waals surface area contributed by atoms with Gasteiger partial charge in [0.1, 0.15) is 0 Å². The Morgan fingerprint density at radius 2 is 1.93 bits per heavy atom. The molecule has 1 radical (unpaired) electrons. The van der Waals surface area contributed by atoms with Crippen LogP contribution in [0.3, 0.4) is 0 Å². The topological polar surface area (TPSA) is 26.0 Å². The molecule has 71 valence electrons. The summed E-state index contributed by atoms with van der Waals surface area (Å²) in [6.07, 6.45) is 4.38. The number of benzene rings is 1. The second-order valence-corrected chi connectivity index (χ2v) is 3.33. The second kappa shape index (κ2) is 3.24. The SMILES string of the molecule is [c]1occc1-c1ccc2ccccc2n1. The third-order valence-electron chi connectivity index (χ3n) is 2.35. The fraction of sp³-hybridized carbons (Fsp3) is 0. The van der Waals surface area contributed by atoms with E-state index < -0.39 is 0 Å². The number of hydrogen-bond acceptors (Lipinski definition) is 2. The highest BCUT2D eigenvalue weighted by atomic mass is 16.3. The van der Waals surface area contributed by atoms with Gasteiger partial charge in [0.2, 0.25) is 0 Å². The van der Waals surface area contributed by atoms with E-state index in [0.717, 1.165) is 22.2 Å². The van der Waals surface area contributed by atoms with Gasteiger partial charge in [0.15, 0.2) is 6.26 Å². The lowest BCUT2D eigenvalue weighted by Crippen LogP contribution is -1.82. The van der Waals surface area contributed by atoms with Crippen molar-refractivity contribution < 1.29 is 4.42 Å². The van der Waals surface area contributed by atoms with E-state index in [2.05, 4.69) is 17.3 Å². The van der Waals surface area contributed by atoms with Crippen LogP contribution in [-0.2, 0) is 0 Å². The van der Waals surface area contributed by atoms with Crippen molar-refractivity contribution >= 4 is 10.9 Å². The third kappa shape index (κ3) is 1.40. The summed E-state index contributed by atoms with van der Waals surface area (Å²) in [6, 6.07) is 13.9. The van der Waals surface area contributed by atoms with Crippen molar-refractivity contribution in [2.45, 2.75) is 0 Å². The zero-order chi connectivity index (χ0) is 10.1. The molecule has 1 aromatic carbocycles. The van der Waals surface area contributed by atoms with Crippen molar-refractivity contribution in [2.24, 2.45) is 0 Å². The molecule has 2 heterocycles. The van der Waals surface area contributed by atoms with Gasteiger partial charge in [0.05, 0.1) is 17.5 Å². The number of hydrogen-bond donors (Lipinski definition) is 0. The molecule has 0 unspecified atom stereocenters. The van der Waals surface area contributed by atoms with E-state index in [-0.39, 0.29) is 0 Å². The van der Waals surface area contributed by atoms with Gasteiger partial charge in [-0.15, -0.1) is 0 Å². The highest BCUT2D eigenvalue weighted by Gasteiger charge is 2.02. The monoisotopic (exact) mass is 194 g/mol. The molecule has 2 aromatic heterocycles. The molecule has 0 saturated carbocycles. The lowest BCUT2D eigenvalue weighted by atomic mass is 10.1. The minimum atomic E-state index is 0.890. The van der Waals surface area contributed by atoms with Crippen LogP contribution in [-0.4, -0.2) is 4.98 Å². The van der Waals surface area contributed by atoms with Gasteiger partial charge in [-0.3, -0.25) is 0 Å². The van der Waals surface area contributed by atoms with Crippen LogP contribution in [0.25, 0.3) is 22.2 Å². The van der Waals surface area contributed by atoms with Gasteiger partial charge in [-0.2, -0.15) is 0 Å². The Hall–Kier alpha value is -2.09. The molecular formula is C13H8NO. The summed E-state index contributed by atoms with van der Waals surface area (Å²) in [7, 11) is 0. The van der Waals surface area contributed by atoms with Crippen molar-refractivity contribution in [3.05, 3.63) is 55.0 Å². The molecule has 2 nitrogen and oxygen atoms in total. The van der Waals surface area contributed by atoms with Crippen LogP contribution in [0.5, 0.6) is 0 Å². The number of furan rings is 1. The molecule has 0 aliphatic carbocycles. The quantitative estimate of drug-likeness (QED) is 0.594. The molecule has 0 saturated heterocycles. The second-order valence-electron chi connectivity index (χ2n) is 3.33. The Morgan fingerprint density at radius 1 is 1.00 bits per heavy atom. The smallest absolute Gasteiger partial charge is 0.179 e. The summed E-state index contributed by atoms with van der Waals surface area (Å²) in [4.78, 5) is 4.53. The Labute approximate surface area is 87.2 Å². The Bertz CT molecular complexity index is 584. The van der Waals surface area contributed by atoms with Crippen LogP contribution in [0.4, 0.5) is 0 Å². The highest BCUT2D eigenvalue weighted by Crippen LogP contribution is 2.20. The first-order chi connectivity index (χ1) is 7.43. The van der Waals surface area contributed by atoms with Gasteiger partial charge < -0.3 is 4.42 Å². The molecule has 0 atom stereocenters. The normalized spacial score (nSPS) is 10.7. The molecule has 0 spiro atoms. The zero-order valence-electron chi connectivity index (χ0n) is 7.97. The molecule has 0 aliphatic rings. The number of aromatic nitrogens is 1. The van der Waals surface area contributed by atoms with E-state index in [1.54, 1.807) is 6.26 Å².